The van der Waals surface area contributed by atoms with Crippen LogP contribution in [-0.2, 0) is 6.54 Å². The van der Waals surface area contributed by atoms with Crippen molar-refractivity contribution in [3.05, 3.63) is 54.0 Å². The van der Waals surface area contributed by atoms with E-state index in [1.807, 2.05) is 35.0 Å². The third kappa shape index (κ3) is 2.67. The number of para-hydroxylation sites is 1. The summed E-state index contributed by atoms with van der Waals surface area (Å²) in [5.41, 5.74) is 9.85. The Bertz CT molecular complexity index is 760. The minimum atomic E-state index is 0.391. The van der Waals surface area contributed by atoms with E-state index in [-0.39, 0.29) is 0 Å². The largest absolute Gasteiger partial charge is 0.398 e. The third-order valence-corrected chi connectivity index (χ3v) is 3.50. The molecular formula is C16H19N5. The summed E-state index contributed by atoms with van der Waals surface area (Å²) in [6, 6.07) is 9.91. The van der Waals surface area contributed by atoms with Crippen LogP contribution in [0.4, 0.5) is 11.5 Å². The monoisotopic (exact) mass is 281 g/mol. The Kier molecular flexibility index (Phi) is 3.48. The van der Waals surface area contributed by atoms with Crippen molar-refractivity contribution in [2.24, 2.45) is 0 Å². The first-order valence-electron chi connectivity index (χ1n) is 7.06. The van der Waals surface area contributed by atoms with E-state index in [9.17, 15) is 0 Å². The molecule has 0 saturated carbocycles. The van der Waals surface area contributed by atoms with Gasteiger partial charge in [-0.2, -0.15) is 5.10 Å². The fraction of sp³-hybridized carbons (Fsp3) is 0.250. The molecule has 2 heterocycles. The maximum atomic E-state index is 5.96. The zero-order valence-corrected chi connectivity index (χ0v) is 12.2. The van der Waals surface area contributed by atoms with E-state index < -0.39 is 0 Å². The molecule has 3 rings (SSSR count). The van der Waals surface area contributed by atoms with Gasteiger partial charge in [0.1, 0.15) is 5.52 Å². The van der Waals surface area contributed by atoms with Gasteiger partial charge in [0.15, 0.2) is 5.82 Å². The van der Waals surface area contributed by atoms with Crippen LogP contribution in [0.5, 0.6) is 0 Å². The van der Waals surface area contributed by atoms with Crippen molar-refractivity contribution in [1.29, 1.82) is 0 Å². The lowest BCUT2D eigenvalue weighted by Gasteiger charge is -2.08. The van der Waals surface area contributed by atoms with Crippen molar-refractivity contribution in [2.75, 3.05) is 11.1 Å². The molecule has 0 atom stereocenters. The summed E-state index contributed by atoms with van der Waals surface area (Å²) >= 11 is 0. The number of aromatic nitrogens is 3. The average Bonchev–Trinajstić information content (AvgIpc) is 2.91. The van der Waals surface area contributed by atoms with Gasteiger partial charge in [0, 0.05) is 24.6 Å². The van der Waals surface area contributed by atoms with Gasteiger partial charge in [-0.05, 0) is 23.6 Å². The molecule has 0 fully saturated rings. The molecule has 0 aliphatic carbocycles. The maximum Gasteiger partial charge on any atom is 0.152 e. The molecule has 1 aromatic carbocycles. The number of rotatable bonds is 4. The lowest BCUT2D eigenvalue weighted by molar-refractivity contribution is 0.787. The molecular weight excluding hydrogens is 262 g/mol. The summed E-state index contributed by atoms with van der Waals surface area (Å²) in [5, 5.41) is 7.90. The van der Waals surface area contributed by atoms with Gasteiger partial charge in [0.05, 0.1) is 5.69 Å². The number of hydrogen-bond donors (Lipinski definition) is 2. The number of nitrogens with one attached hydrogen (secondary N) is 1. The second-order valence-corrected chi connectivity index (χ2v) is 5.38. The summed E-state index contributed by atoms with van der Waals surface area (Å²) in [7, 11) is 0. The Hall–Kier alpha value is -2.56. The minimum Gasteiger partial charge on any atom is -0.398 e. The molecule has 21 heavy (non-hydrogen) atoms. The molecule has 0 aliphatic heterocycles. The van der Waals surface area contributed by atoms with Crippen LogP contribution < -0.4 is 11.1 Å². The lowest BCUT2D eigenvalue weighted by atomic mass is 10.1. The summed E-state index contributed by atoms with van der Waals surface area (Å²) in [5.74, 6) is 1.21. The summed E-state index contributed by atoms with van der Waals surface area (Å²) in [6.45, 7) is 4.90. The molecule has 0 saturated heterocycles. The number of benzene rings is 1. The Labute approximate surface area is 123 Å². The predicted molar refractivity (Wildman–Crippen MR) is 85.3 cm³/mol. The van der Waals surface area contributed by atoms with Gasteiger partial charge in [-0.3, -0.25) is 0 Å². The first-order valence-corrected chi connectivity index (χ1v) is 7.06. The SMILES string of the molecule is CC(C)c1cc2c(NCc3ccccc3N)nccn2n1. The van der Waals surface area contributed by atoms with Gasteiger partial charge in [0.2, 0.25) is 0 Å². The van der Waals surface area contributed by atoms with Crippen LogP contribution in [0.2, 0.25) is 0 Å². The zero-order chi connectivity index (χ0) is 14.8. The van der Waals surface area contributed by atoms with Gasteiger partial charge in [-0.25, -0.2) is 9.50 Å². The van der Waals surface area contributed by atoms with Gasteiger partial charge in [-0.15, -0.1) is 0 Å². The number of nitrogens with zero attached hydrogens (tertiary/aromatic N) is 3. The summed E-state index contributed by atoms with van der Waals surface area (Å²) in [4.78, 5) is 4.41. The molecule has 0 bridgehead atoms. The molecule has 3 N–H and O–H groups in total. The van der Waals surface area contributed by atoms with Crippen LogP contribution in [0.1, 0.15) is 31.0 Å². The molecule has 0 spiro atoms. The average molecular weight is 281 g/mol. The van der Waals surface area contributed by atoms with E-state index in [0.717, 1.165) is 28.3 Å². The first kappa shape index (κ1) is 13.4. The van der Waals surface area contributed by atoms with E-state index in [1.54, 1.807) is 6.20 Å². The maximum absolute atomic E-state index is 5.96. The Morgan fingerprint density at radius 3 is 2.86 bits per heavy atom. The second-order valence-electron chi connectivity index (χ2n) is 5.38. The van der Waals surface area contributed by atoms with E-state index in [1.165, 1.54) is 0 Å². The Morgan fingerprint density at radius 2 is 2.10 bits per heavy atom. The molecule has 5 nitrogen and oxygen atoms in total. The van der Waals surface area contributed by atoms with Crippen LogP contribution in [0.15, 0.2) is 42.7 Å². The minimum absolute atomic E-state index is 0.391. The summed E-state index contributed by atoms with van der Waals surface area (Å²) in [6.07, 6.45) is 3.62. The predicted octanol–water partition coefficient (Wildman–Crippen LogP) is 3.05. The molecule has 0 unspecified atom stereocenters. The highest BCUT2D eigenvalue weighted by atomic mass is 15.2. The number of nitrogens with two attached hydrogens (primary N) is 1. The molecule has 0 aliphatic rings. The smallest absolute Gasteiger partial charge is 0.152 e. The van der Waals surface area contributed by atoms with Crippen LogP contribution in [0.25, 0.3) is 5.52 Å². The van der Waals surface area contributed by atoms with Crippen molar-refractivity contribution in [3.63, 3.8) is 0 Å². The van der Waals surface area contributed by atoms with Gasteiger partial charge >= 0.3 is 0 Å². The van der Waals surface area contributed by atoms with Gasteiger partial charge < -0.3 is 11.1 Å². The van der Waals surface area contributed by atoms with E-state index in [2.05, 4.69) is 35.3 Å². The molecule has 5 heteroatoms. The highest BCUT2D eigenvalue weighted by Crippen LogP contribution is 2.21. The normalized spacial score (nSPS) is 11.2. The van der Waals surface area contributed by atoms with Crippen LogP contribution in [-0.4, -0.2) is 14.6 Å². The molecule has 0 radical (unpaired) electrons. The van der Waals surface area contributed by atoms with Crippen molar-refractivity contribution in [3.8, 4) is 0 Å². The fourth-order valence-corrected chi connectivity index (χ4v) is 2.23. The van der Waals surface area contributed by atoms with Crippen molar-refractivity contribution >= 4 is 17.0 Å². The molecule has 108 valence electrons. The van der Waals surface area contributed by atoms with Crippen molar-refractivity contribution in [1.82, 2.24) is 14.6 Å². The summed E-state index contributed by atoms with van der Waals surface area (Å²) < 4.78 is 1.86. The standard InChI is InChI=1S/C16H19N5/c1-11(2)14-9-15-16(18-7-8-21(15)20-14)19-10-12-5-3-4-6-13(12)17/h3-9,11H,10,17H2,1-2H3,(H,18,19). The Morgan fingerprint density at radius 1 is 1.29 bits per heavy atom. The number of nitrogen functional groups attached to an aromatic ring is 1. The van der Waals surface area contributed by atoms with Crippen molar-refractivity contribution in [2.45, 2.75) is 26.3 Å². The van der Waals surface area contributed by atoms with Crippen LogP contribution in [0, 0.1) is 0 Å². The third-order valence-electron chi connectivity index (χ3n) is 3.50. The topological polar surface area (TPSA) is 68.2 Å². The van der Waals surface area contributed by atoms with E-state index in [0.29, 0.717) is 12.5 Å². The Balaban J connectivity index is 1.88. The fourth-order valence-electron chi connectivity index (χ4n) is 2.23. The van der Waals surface area contributed by atoms with E-state index >= 15 is 0 Å². The quantitative estimate of drug-likeness (QED) is 0.721. The highest BCUT2D eigenvalue weighted by Gasteiger charge is 2.09. The van der Waals surface area contributed by atoms with Crippen LogP contribution >= 0.6 is 0 Å². The van der Waals surface area contributed by atoms with Crippen LogP contribution in [0.3, 0.4) is 0 Å². The molecule has 3 aromatic rings. The number of anilines is 2. The van der Waals surface area contributed by atoms with E-state index in [4.69, 9.17) is 5.73 Å². The molecule has 0 amide bonds. The van der Waals surface area contributed by atoms with Crippen molar-refractivity contribution < 1.29 is 0 Å². The second kappa shape index (κ2) is 5.44. The number of fused-ring (bicyclic) bond motifs is 1. The lowest BCUT2D eigenvalue weighted by Crippen LogP contribution is -2.05. The zero-order valence-electron chi connectivity index (χ0n) is 12.2. The van der Waals surface area contributed by atoms with Gasteiger partial charge in [-0.1, -0.05) is 32.0 Å². The number of hydrogen-bond acceptors (Lipinski definition) is 4. The first-order chi connectivity index (χ1) is 10.1. The highest BCUT2D eigenvalue weighted by molar-refractivity contribution is 5.68. The molecule has 2 aromatic heterocycles. The van der Waals surface area contributed by atoms with Gasteiger partial charge in [0.25, 0.3) is 0 Å².